The summed E-state index contributed by atoms with van der Waals surface area (Å²) in [6.45, 7) is 3.94. The molecule has 3 atom stereocenters. The summed E-state index contributed by atoms with van der Waals surface area (Å²) < 4.78 is 39.2. The fourth-order valence-electron chi connectivity index (χ4n) is 2.99. The molecule has 0 spiro atoms. The van der Waals surface area contributed by atoms with Crippen LogP contribution < -0.4 is 5.32 Å². The number of hydrogen-bond donors (Lipinski definition) is 1. The van der Waals surface area contributed by atoms with E-state index in [1.165, 1.54) is 0 Å². The zero-order valence-electron chi connectivity index (χ0n) is 12.0. The first-order chi connectivity index (χ1) is 9.38. The van der Waals surface area contributed by atoms with Gasteiger partial charge in [-0.1, -0.05) is 42.7 Å². The van der Waals surface area contributed by atoms with Crippen LogP contribution in [0, 0.1) is 12.8 Å². The number of aryl methyl sites for hydroxylation is 1. The van der Waals surface area contributed by atoms with E-state index in [1.807, 2.05) is 38.1 Å². The van der Waals surface area contributed by atoms with Gasteiger partial charge in [0.1, 0.15) is 0 Å². The molecule has 20 heavy (non-hydrogen) atoms. The maximum atomic E-state index is 13.1. The molecule has 1 nitrogen and oxygen atoms in total. The Morgan fingerprint density at radius 2 is 1.70 bits per heavy atom. The molecular weight excluding hydrogens is 263 g/mol. The van der Waals surface area contributed by atoms with Crippen molar-refractivity contribution in [1.82, 2.24) is 5.32 Å². The van der Waals surface area contributed by atoms with Crippen molar-refractivity contribution in [3.63, 3.8) is 0 Å². The smallest absolute Gasteiger partial charge is 0.307 e. The van der Waals surface area contributed by atoms with Gasteiger partial charge in [-0.15, -0.1) is 0 Å². The second-order valence-corrected chi connectivity index (χ2v) is 5.84. The van der Waals surface area contributed by atoms with E-state index in [0.29, 0.717) is 12.8 Å². The standard InChI is InChI=1S/C16H22F3N/c1-11-7-9-13(10-8-11)12(2)20-15-6-4-3-5-14(15)16(17,18)19/h7-10,12,14-15,20H,3-6H2,1-2H3/t12-,14?,15?/m1/s1. The lowest BCUT2D eigenvalue weighted by atomic mass is 9.83. The normalized spacial score (nSPS) is 25.4. The molecule has 112 valence electrons. The Morgan fingerprint density at radius 3 is 2.30 bits per heavy atom. The van der Waals surface area contributed by atoms with Crippen molar-refractivity contribution in [2.45, 2.75) is 57.8 Å². The molecule has 4 heteroatoms. The van der Waals surface area contributed by atoms with E-state index in [0.717, 1.165) is 17.5 Å². The summed E-state index contributed by atoms with van der Waals surface area (Å²) in [7, 11) is 0. The van der Waals surface area contributed by atoms with Crippen molar-refractivity contribution in [2.75, 3.05) is 0 Å². The number of rotatable bonds is 3. The molecule has 1 aromatic carbocycles. The molecule has 2 rings (SSSR count). The first kappa shape index (κ1) is 15.4. The molecular formula is C16H22F3N. The highest BCUT2D eigenvalue weighted by Crippen LogP contribution is 2.38. The Kier molecular flexibility index (Phi) is 4.74. The van der Waals surface area contributed by atoms with Crippen molar-refractivity contribution in [3.8, 4) is 0 Å². The Bertz CT molecular complexity index is 424. The van der Waals surface area contributed by atoms with Gasteiger partial charge in [-0.05, 0) is 32.3 Å². The maximum Gasteiger partial charge on any atom is 0.393 e. The lowest BCUT2D eigenvalue weighted by Gasteiger charge is -2.35. The fourth-order valence-corrected chi connectivity index (χ4v) is 2.99. The van der Waals surface area contributed by atoms with Gasteiger partial charge in [0, 0.05) is 12.1 Å². The fraction of sp³-hybridized carbons (Fsp3) is 0.625. The van der Waals surface area contributed by atoms with Gasteiger partial charge in [0.05, 0.1) is 5.92 Å². The number of benzene rings is 1. The average molecular weight is 285 g/mol. The van der Waals surface area contributed by atoms with Crippen molar-refractivity contribution < 1.29 is 13.2 Å². The van der Waals surface area contributed by atoms with Gasteiger partial charge < -0.3 is 5.32 Å². The minimum absolute atomic E-state index is 0.0523. The van der Waals surface area contributed by atoms with Crippen molar-refractivity contribution in [3.05, 3.63) is 35.4 Å². The second-order valence-electron chi connectivity index (χ2n) is 5.84. The van der Waals surface area contributed by atoms with E-state index in [2.05, 4.69) is 5.32 Å². The predicted molar refractivity (Wildman–Crippen MR) is 74.5 cm³/mol. The average Bonchev–Trinajstić information content (AvgIpc) is 2.38. The largest absolute Gasteiger partial charge is 0.393 e. The number of hydrogen-bond acceptors (Lipinski definition) is 1. The quantitative estimate of drug-likeness (QED) is 0.843. The molecule has 0 aliphatic heterocycles. The summed E-state index contributed by atoms with van der Waals surface area (Å²) in [6.07, 6.45) is -1.67. The van der Waals surface area contributed by atoms with Crippen LogP contribution in [0.1, 0.15) is 49.8 Å². The van der Waals surface area contributed by atoms with E-state index in [4.69, 9.17) is 0 Å². The molecule has 1 N–H and O–H groups in total. The highest BCUT2D eigenvalue weighted by Gasteiger charge is 2.45. The van der Waals surface area contributed by atoms with Gasteiger partial charge in [-0.2, -0.15) is 13.2 Å². The zero-order valence-corrected chi connectivity index (χ0v) is 12.0. The van der Waals surface area contributed by atoms with Gasteiger partial charge in [-0.25, -0.2) is 0 Å². The molecule has 1 aromatic rings. The van der Waals surface area contributed by atoms with Crippen LogP contribution in [0.5, 0.6) is 0 Å². The van der Waals surface area contributed by atoms with Gasteiger partial charge in [0.15, 0.2) is 0 Å². The van der Waals surface area contributed by atoms with Crippen LogP contribution in [0.25, 0.3) is 0 Å². The van der Waals surface area contributed by atoms with E-state index < -0.39 is 18.1 Å². The molecule has 1 saturated carbocycles. The molecule has 0 heterocycles. The monoisotopic (exact) mass is 285 g/mol. The van der Waals surface area contributed by atoms with Crippen molar-refractivity contribution >= 4 is 0 Å². The number of halogens is 3. The highest BCUT2D eigenvalue weighted by molar-refractivity contribution is 5.23. The Morgan fingerprint density at radius 1 is 1.10 bits per heavy atom. The Labute approximate surface area is 118 Å². The third-order valence-electron chi connectivity index (χ3n) is 4.23. The lowest BCUT2D eigenvalue weighted by molar-refractivity contribution is -0.189. The van der Waals surface area contributed by atoms with Crippen LogP contribution in [0.4, 0.5) is 13.2 Å². The van der Waals surface area contributed by atoms with Crippen LogP contribution in [0.2, 0.25) is 0 Å². The van der Waals surface area contributed by atoms with Gasteiger partial charge in [0.25, 0.3) is 0 Å². The minimum Gasteiger partial charge on any atom is -0.307 e. The summed E-state index contributed by atoms with van der Waals surface area (Å²) in [6, 6.07) is 7.45. The predicted octanol–water partition coefficient (Wildman–Crippen LogP) is 4.77. The Balaban J connectivity index is 2.05. The van der Waals surface area contributed by atoms with Crippen LogP contribution in [-0.2, 0) is 0 Å². The van der Waals surface area contributed by atoms with Crippen LogP contribution in [-0.4, -0.2) is 12.2 Å². The molecule has 0 saturated heterocycles. The third-order valence-corrected chi connectivity index (χ3v) is 4.23. The van der Waals surface area contributed by atoms with Crippen molar-refractivity contribution in [2.24, 2.45) is 5.92 Å². The molecule has 0 bridgehead atoms. The van der Waals surface area contributed by atoms with Crippen LogP contribution in [0.15, 0.2) is 24.3 Å². The molecule has 0 radical (unpaired) electrons. The van der Waals surface area contributed by atoms with Crippen LogP contribution >= 0.6 is 0 Å². The van der Waals surface area contributed by atoms with E-state index >= 15 is 0 Å². The van der Waals surface area contributed by atoms with Crippen LogP contribution in [0.3, 0.4) is 0 Å². The first-order valence-electron chi connectivity index (χ1n) is 7.27. The SMILES string of the molecule is Cc1ccc([C@@H](C)NC2CCCCC2C(F)(F)F)cc1. The highest BCUT2D eigenvalue weighted by atomic mass is 19.4. The maximum absolute atomic E-state index is 13.1. The topological polar surface area (TPSA) is 12.0 Å². The summed E-state index contributed by atoms with van der Waals surface area (Å²) in [5.41, 5.74) is 2.20. The summed E-state index contributed by atoms with van der Waals surface area (Å²) in [4.78, 5) is 0. The van der Waals surface area contributed by atoms with Gasteiger partial charge >= 0.3 is 6.18 Å². The summed E-state index contributed by atoms with van der Waals surface area (Å²) in [5, 5.41) is 3.19. The van der Waals surface area contributed by atoms with Gasteiger partial charge in [-0.3, -0.25) is 0 Å². The lowest BCUT2D eigenvalue weighted by Crippen LogP contribution is -2.46. The number of alkyl halides is 3. The Hall–Kier alpha value is -1.03. The summed E-state index contributed by atoms with van der Waals surface area (Å²) >= 11 is 0. The molecule has 0 amide bonds. The molecule has 0 aromatic heterocycles. The third kappa shape index (κ3) is 3.75. The zero-order chi connectivity index (χ0) is 14.8. The molecule has 2 unspecified atom stereocenters. The molecule has 1 fully saturated rings. The van der Waals surface area contributed by atoms with E-state index in [9.17, 15) is 13.2 Å². The number of nitrogens with one attached hydrogen (secondary N) is 1. The van der Waals surface area contributed by atoms with E-state index in [-0.39, 0.29) is 12.5 Å². The minimum atomic E-state index is -4.09. The molecule has 1 aliphatic carbocycles. The summed E-state index contributed by atoms with van der Waals surface area (Å²) in [5.74, 6) is -1.20. The molecule has 1 aliphatic rings. The first-order valence-corrected chi connectivity index (χ1v) is 7.27. The van der Waals surface area contributed by atoms with Crippen molar-refractivity contribution in [1.29, 1.82) is 0 Å². The second kappa shape index (κ2) is 6.17. The van der Waals surface area contributed by atoms with E-state index in [1.54, 1.807) is 0 Å². The van der Waals surface area contributed by atoms with Gasteiger partial charge in [0.2, 0.25) is 0 Å².